The normalized spacial score (nSPS) is 11.4. The van der Waals surface area contributed by atoms with Gasteiger partial charge in [0, 0.05) is 13.3 Å². The van der Waals surface area contributed by atoms with E-state index in [9.17, 15) is 13.6 Å². The summed E-state index contributed by atoms with van der Waals surface area (Å²) in [5, 5.41) is 8.61. The van der Waals surface area contributed by atoms with Gasteiger partial charge in [0.2, 0.25) is 0 Å². The van der Waals surface area contributed by atoms with Crippen LogP contribution in [-0.2, 0) is 17.1 Å². The molecule has 106 valence electrons. The lowest BCUT2D eigenvalue weighted by molar-refractivity contribution is -0.137. The molecule has 0 atom stereocenters. The number of hydrogen-bond acceptors (Lipinski definition) is 2. The van der Waals surface area contributed by atoms with Gasteiger partial charge in [-0.3, -0.25) is 4.79 Å². The van der Waals surface area contributed by atoms with E-state index < -0.39 is 11.9 Å². The average Bonchev–Trinajstić information content (AvgIpc) is 2.26. The lowest BCUT2D eigenvalue weighted by Gasteiger charge is -2.19. The third-order valence-corrected chi connectivity index (χ3v) is 2.82. The summed E-state index contributed by atoms with van der Waals surface area (Å²) in [4.78, 5) is 10.5. The number of aliphatic carboxylic acids is 1. The lowest BCUT2D eigenvalue weighted by atomic mass is 9.97. The van der Waals surface area contributed by atoms with Crippen molar-refractivity contribution in [2.45, 2.75) is 39.0 Å². The number of rotatable bonds is 6. The molecule has 0 aliphatic carbocycles. The Morgan fingerprint density at radius 1 is 1.42 bits per heavy atom. The fraction of sp³-hybridized carbons (Fsp3) is 0.500. The van der Waals surface area contributed by atoms with Crippen molar-refractivity contribution in [3.63, 3.8) is 0 Å². The van der Waals surface area contributed by atoms with Crippen LogP contribution in [0.5, 0.6) is 5.75 Å². The third-order valence-electron chi connectivity index (χ3n) is 2.82. The predicted molar refractivity (Wildman–Crippen MR) is 67.9 cm³/mol. The zero-order valence-electron chi connectivity index (χ0n) is 11.3. The minimum atomic E-state index is -2.99. The van der Waals surface area contributed by atoms with Crippen LogP contribution < -0.4 is 4.74 Å². The zero-order valence-corrected chi connectivity index (χ0v) is 11.3. The van der Waals surface area contributed by atoms with Crippen LogP contribution in [0.4, 0.5) is 8.78 Å². The van der Waals surface area contributed by atoms with Gasteiger partial charge in [0.25, 0.3) is 5.92 Å². The Kier molecular flexibility index (Phi) is 4.86. The van der Waals surface area contributed by atoms with E-state index >= 15 is 0 Å². The second kappa shape index (κ2) is 5.99. The number of benzene rings is 1. The largest absolute Gasteiger partial charge is 0.496 e. The highest BCUT2D eigenvalue weighted by Crippen LogP contribution is 2.38. The van der Waals surface area contributed by atoms with Crippen molar-refractivity contribution in [1.29, 1.82) is 0 Å². The monoisotopic (exact) mass is 272 g/mol. The van der Waals surface area contributed by atoms with Gasteiger partial charge in [-0.05, 0) is 31.4 Å². The molecule has 1 rings (SSSR count). The fourth-order valence-electron chi connectivity index (χ4n) is 2.03. The molecule has 1 N–H and O–H groups in total. The van der Waals surface area contributed by atoms with Crippen molar-refractivity contribution in [2.75, 3.05) is 7.11 Å². The SMILES string of the molecule is COc1c(CCCC(=O)O)cc(C)cc1C(C)(F)F. The molecule has 3 nitrogen and oxygen atoms in total. The van der Waals surface area contributed by atoms with Crippen LogP contribution in [0, 0.1) is 6.92 Å². The molecule has 0 aliphatic heterocycles. The van der Waals surface area contributed by atoms with Gasteiger partial charge in [-0.25, -0.2) is 8.78 Å². The quantitative estimate of drug-likeness (QED) is 0.861. The van der Waals surface area contributed by atoms with E-state index in [1.165, 1.54) is 13.2 Å². The second-order valence-corrected chi connectivity index (χ2v) is 4.64. The lowest BCUT2D eigenvalue weighted by Crippen LogP contribution is -2.11. The fourth-order valence-corrected chi connectivity index (χ4v) is 2.03. The molecule has 0 aromatic heterocycles. The molecular formula is C14H18F2O3. The minimum Gasteiger partial charge on any atom is -0.496 e. The van der Waals surface area contributed by atoms with E-state index in [0.717, 1.165) is 6.92 Å². The van der Waals surface area contributed by atoms with Gasteiger partial charge < -0.3 is 9.84 Å². The summed E-state index contributed by atoms with van der Waals surface area (Å²) in [6.45, 7) is 2.56. The van der Waals surface area contributed by atoms with Gasteiger partial charge in [0.15, 0.2) is 0 Å². The standard InChI is InChI=1S/C14H18F2O3/c1-9-7-10(5-4-6-12(17)18)13(19-3)11(8-9)14(2,15)16/h7-8H,4-6H2,1-3H3,(H,17,18). The summed E-state index contributed by atoms with van der Waals surface area (Å²) >= 11 is 0. The van der Waals surface area contributed by atoms with Crippen LogP contribution in [0.15, 0.2) is 12.1 Å². The van der Waals surface area contributed by atoms with Gasteiger partial charge in [-0.1, -0.05) is 11.6 Å². The molecule has 0 saturated carbocycles. The number of carboxylic acids is 1. The number of aryl methyl sites for hydroxylation is 2. The molecule has 0 fully saturated rings. The molecule has 0 spiro atoms. The Hall–Kier alpha value is -1.65. The maximum atomic E-state index is 13.5. The summed E-state index contributed by atoms with van der Waals surface area (Å²) in [6.07, 6.45) is 0.805. The van der Waals surface area contributed by atoms with Crippen molar-refractivity contribution in [3.05, 3.63) is 28.8 Å². The van der Waals surface area contributed by atoms with Crippen molar-refractivity contribution in [3.8, 4) is 5.75 Å². The highest BCUT2D eigenvalue weighted by Gasteiger charge is 2.30. The molecule has 1 aromatic carbocycles. The summed E-state index contributed by atoms with van der Waals surface area (Å²) < 4.78 is 32.2. The van der Waals surface area contributed by atoms with Gasteiger partial charge in [-0.2, -0.15) is 0 Å². The number of carbonyl (C=O) groups is 1. The van der Waals surface area contributed by atoms with Crippen LogP contribution in [0.1, 0.15) is 36.5 Å². The topological polar surface area (TPSA) is 46.5 Å². The number of carboxylic acid groups (broad SMARTS) is 1. The van der Waals surface area contributed by atoms with Crippen LogP contribution in [0.25, 0.3) is 0 Å². The van der Waals surface area contributed by atoms with Crippen LogP contribution >= 0.6 is 0 Å². The first-order valence-corrected chi connectivity index (χ1v) is 6.03. The Bertz CT molecular complexity index is 464. The predicted octanol–water partition coefficient (Wildman–Crippen LogP) is 3.52. The summed E-state index contributed by atoms with van der Waals surface area (Å²) in [6, 6.07) is 3.16. The summed E-state index contributed by atoms with van der Waals surface area (Å²) in [5.41, 5.74) is 1.18. The zero-order chi connectivity index (χ0) is 14.6. The smallest absolute Gasteiger partial charge is 0.303 e. The summed E-state index contributed by atoms with van der Waals surface area (Å²) in [7, 11) is 1.35. The molecule has 0 heterocycles. The number of hydrogen-bond donors (Lipinski definition) is 1. The van der Waals surface area contributed by atoms with E-state index in [2.05, 4.69) is 0 Å². The third kappa shape index (κ3) is 4.19. The number of alkyl halides is 2. The Balaban J connectivity index is 3.09. The van der Waals surface area contributed by atoms with Gasteiger partial charge in [0.1, 0.15) is 5.75 Å². The van der Waals surface area contributed by atoms with E-state index in [-0.39, 0.29) is 17.7 Å². The average molecular weight is 272 g/mol. The van der Waals surface area contributed by atoms with Crippen molar-refractivity contribution in [2.24, 2.45) is 0 Å². The van der Waals surface area contributed by atoms with Crippen LogP contribution in [-0.4, -0.2) is 18.2 Å². The minimum absolute atomic E-state index is 0.00888. The van der Waals surface area contributed by atoms with E-state index in [1.54, 1.807) is 13.0 Å². The molecule has 0 bridgehead atoms. The highest BCUT2D eigenvalue weighted by molar-refractivity contribution is 5.66. The Morgan fingerprint density at radius 2 is 2.05 bits per heavy atom. The maximum Gasteiger partial charge on any atom is 0.303 e. The molecule has 0 aliphatic rings. The maximum absolute atomic E-state index is 13.5. The van der Waals surface area contributed by atoms with Crippen LogP contribution in [0.2, 0.25) is 0 Å². The first-order chi connectivity index (χ1) is 8.75. The van der Waals surface area contributed by atoms with E-state index in [1.807, 2.05) is 0 Å². The Morgan fingerprint density at radius 3 is 2.53 bits per heavy atom. The molecule has 1 aromatic rings. The first-order valence-electron chi connectivity index (χ1n) is 6.03. The first kappa shape index (κ1) is 15.4. The van der Waals surface area contributed by atoms with Gasteiger partial charge in [-0.15, -0.1) is 0 Å². The number of halogens is 2. The van der Waals surface area contributed by atoms with E-state index in [0.29, 0.717) is 24.0 Å². The van der Waals surface area contributed by atoms with Crippen molar-refractivity contribution in [1.82, 2.24) is 0 Å². The van der Waals surface area contributed by atoms with Gasteiger partial charge >= 0.3 is 5.97 Å². The van der Waals surface area contributed by atoms with E-state index in [4.69, 9.17) is 9.84 Å². The number of ether oxygens (including phenoxy) is 1. The molecule has 0 unspecified atom stereocenters. The Labute approximate surface area is 111 Å². The van der Waals surface area contributed by atoms with Gasteiger partial charge in [0.05, 0.1) is 12.7 Å². The van der Waals surface area contributed by atoms with Crippen molar-refractivity contribution < 1.29 is 23.4 Å². The molecule has 0 saturated heterocycles. The number of methoxy groups -OCH3 is 1. The molecule has 19 heavy (non-hydrogen) atoms. The summed E-state index contributed by atoms with van der Waals surface area (Å²) in [5.74, 6) is -3.73. The molecular weight excluding hydrogens is 254 g/mol. The molecule has 0 radical (unpaired) electrons. The molecule has 0 amide bonds. The highest BCUT2D eigenvalue weighted by atomic mass is 19.3. The van der Waals surface area contributed by atoms with Crippen molar-refractivity contribution >= 4 is 5.97 Å². The second-order valence-electron chi connectivity index (χ2n) is 4.64. The van der Waals surface area contributed by atoms with Crippen LogP contribution in [0.3, 0.4) is 0 Å². The molecule has 5 heteroatoms.